The van der Waals surface area contributed by atoms with E-state index in [-0.39, 0.29) is 18.0 Å². The van der Waals surface area contributed by atoms with E-state index in [1.54, 1.807) is 18.5 Å². The average Bonchev–Trinajstić information content (AvgIpc) is 3.26. The monoisotopic (exact) mass is 385 g/mol. The van der Waals surface area contributed by atoms with Crippen molar-refractivity contribution >= 4 is 11.9 Å². The molecule has 1 aromatic heterocycles. The highest BCUT2D eigenvalue weighted by Crippen LogP contribution is 2.31. The van der Waals surface area contributed by atoms with Crippen LogP contribution < -0.4 is 10.6 Å². The highest BCUT2D eigenvalue weighted by Gasteiger charge is 2.37. The number of aromatic nitrogens is 1. The number of nitrogens with zero attached hydrogens (tertiary/aromatic N) is 3. The lowest BCUT2D eigenvalue weighted by Crippen LogP contribution is -2.58. The van der Waals surface area contributed by atoms with Gasteiger partial charge in [0.1, 0.15) is 0 Å². The summed E-state index contributed by atoms with van der Waals surface area (Å²) in [6.45, 7) is 7.36. The van der Waals surface area contributed by atoms with Gasteiger partial charge in [-0.05, 0) is 36.5 Å². The fraction of sp³-hybridized carbons (Fsp3) is 0.571. The summed E-state index contributed by atoms with van der Waals surface area (Å²) < 4.78 is 0. The Hall–Kier alpha value is -2.41. The van der Waals surface area contributed by atoms with Crippen LogP contribution in [0, 0.1) is 5.92 Å². The van der Waals surface area contributed by atoms with Gasteiger partial charge in [0.15, 0.2) is 0 Å². The molecule has 1 atom stereocenters. The van der Waals surface area contributed by atoms with Gasteiger partial charge in [-0.1, -0.05) is 18.9 Å². The lowest BCUT2D eigenvalue weighted by atomic mass is 9.95. The van der Waals surface area contributed by atoms with Crippen molar-refractivity contribution in [2.75, 3.05) is 32.7 Å². The highest BCUT2D eigenvalue weighted by molar-refractivity contribution is 5.82. The maximum atomic E-state index is 13.1. The van der Waals surface area contributed by atoms with Gasteiger partial charge in [-0.15, -0.1) is 6.58 Å². The number of pyridine rings is 1. The average molecular weight is 386 g/mol. The molecule has 7 nitrogen and oxygen atoms in total. The normalized spacial score (nSPS) is 19.2. The third kappa shape index (κ3) is 5.32. The van der Waals surface area contributed by atoms with Crippen molar-refractivity contribution < 1.29 is 9.59 Å². The smallest absolute Gasteiger partial charge is 0.317 e. The lowest BCUT2D eigenvalue weighted by Gasteiger charge is -2.40. The number of urea groups is 1. The molecule has 0 radical (unpaired) electrons. The van der Waals surface area contributed by atoms with E-state index in [9.17, 15) is 9.59 Å². The fourth-order valence-corrected chi connectivity index (χ4v) is 4.22. The van der Waals surface area contributed by atoms with E-state index in [0.717, 1.165) is 31.5 Å². The van der Waals surface area contributed by atoms with Crippen LogP contribution in [0.3, 0.4) is 0 Å². The molecule has 28 heavy (non-hydrogen) atoms. The van der Waals surface area contributed by atoms with Gasteiger partial charge >= 0.3 is 6.03 Å². The van der Waals surface area contributed by atoms with E-state index in [4.69, 9.17) is 0 Å². The third-order valence-corrected chi connectivity index (χ3v) is 5.72. The molecule has 2 N–H and O–H groups in total. The topological polar surface area (TPSA) is 77.6 Å². The second-order valence-corrected chi connectivity index (χ2v) is 7.56. The number of rotatable bonds is 7. The summed E-state index contributed by atoms with van der Waals surface area (Å²) in [5.41, 5.74) is 1.05. The van der Waals surface area contributed by atoms with Gasteiger partial charge < -0.3 is 15.5 Å². The van der Waals surface area contributed by atoms with Crippen LogP contribution in [0.15, 0.2) is 37.2 Å². The summed E-state index contributed by atoms with van der Waals surface area (Å²) in [6, 6.07) is 3.68. The van der Waals surface area contributed by atoms with Crippen LogP contribution in [0.5, 0.6) is 0 Å². The standard InChI is InChI=1S/C21H31N5O2/c1-2-9-23-21(28)26-14-12-25(13-15-26)19(18-5-3-4-6-18)20(27)24-16-17-7-10-22-11-8-17/h2,7-8,10-11,18-19H,1,3-6,9,12-16H2,(H,23,28)(H,24,27). The Morgan fingerprint density at radius 2 is 1.82 bits per heavy atom. The highest BCUT2D eigenvalue weighted by atomic mass is 16.2. The number of carbonyl (C=O) groups is 2. The molecule has 1 aromatic rings. The number of piperazine rings is 1. The number of hydrogen-bond acceptors (Lipinski definition) is 4. The largest absolute Gasteiger partial charge is 0.351 e. The van der Waals surface area contributed by atoms with Gasteiger partial charge in [0.25, 0.3) is 0 Å². The zero-order valence-electron chi connectivity index (χ0n) is 16.5. The second kappa shape index (κ2) is 10.2. The molecule has 7 heteroatoms. The van der Waals surface area contributed by atoms with Crippen LogP contribution in [0.2, 0.25) is 0 Å². The molecule has 1 aliphatic heterocycles. The van der Waals surface area contributed by atoms with Crippen molar-refractivity contribution in [3.05, 3.63) is 42.7 Å². The van der Waals surface area contributed by atoms with Crippen molar-refractivity contribution in [1.29, 1.82) is 0 Å². The summed E-state index contributed by atoms with van der Waals surface area (Å²) in [4.78, 5) is 33.3. The molecule has 152 valence electrons. The molecule has 2 aliphatic rings. The van der Waals surface area contributed by atoms with Gasteiger partial charge in [-0.2, -0.15) is 0 Å². The predicted molar refractivity (Wildman–Crippen MR) is 109 cm³/mol. The first-order chi connectivity index (χ1) is 13.7. The van der Waals surface area contributed by atoms with E-state index < -0.39 is 0 Å². The molecule has 0 spiro atoms. The lowest BCUT2D eigenvalue weighted by molar-refractivity contribution is -0.129. The molecule has 3 rings (SSSR count). The summed E-state index contributed by atoms with van der Waals surface area (Å²) >= 11 is 0. The van der Waals surface area contributed by atoms with Gasteiger partial charge in [0.2, 0.25) is 5.91 Å². The molecule has 3 amide bonds. The molecular formula is C21H31N5O2. The first-order valence-electron chi connectivity index (χ1n) is 10.2. The molecule has 1 saturated carbocycles. The van der Waals surface area contributed by atoms with Gasteiger partial charge in [0.05, 0.1) is 6.04 Å². The van der Waals surface area contributed by atoms with Crippen LogP contribution in [0.25, 0.3) is 0 Å². The molecule has 0 aromatic carbocycles. The first kappa shape index (κ1) is 20.3. The Balaban J connectivity index is 1.58. The molecule has 1 saturated heterocycles. The number of carbonyl (C=O) groups excluding carboxylic acids is 2. The van der Waals surface area contributed by atoms with Crippen LogP contribution in [-0.2, 0) is 11.3 Å². The Labute approximate surface area is 167 Å². The Bertz CT molecular complexity index is 652. The Morgan fingerprint density at radius 3 is 2.46 bits per heavy atom. The van der Waals surface area contributed by atoms with Crippen molar-refractivity contribution in [2.24, 2.45) is 5.92 Å². The Kier molecular flexibility index (Phi) is 7.42. The first-order valence-corrected chi connectivity index (χ1v) is 10.2. The number of nitrogens with one attached hydrogen (secondary N) is 2. The van der Waals surface area contributed by atoms with Gasteiger partial charge in [-0.25, -0.2) is 4.79 Å². The maximum Gasteiger partial charge on any atom is 0.317 e. The molecule has 2 fully saturated rings. The number of hydrogen-bond donors (Lipinski definition) is 2. The van der Waals surface area contributed by atoms with Crippen molar-refractivity contribution in [2.45, 2.75) is 38.3 Å². The van der Waals surface area contributed by atoms with Gasteiger partial charge in [0, 0.05) is 51.7 Å². The summed E-state index contributed by atoms with van der Waals surface area (Å²) in [7, 11) is 0. The van der Waals surface area contributed by atoms with E-state index >= 15 is 0 Å². The molecular weight excluding hydrogens is 354 g/mol. The molecule has 1 unspecified atom stereocenters. The second-order valence-electron chi connectivity index (χ2n) is 7.56. The van der Waals surface area contributed by atoms with Crippen LogP contribution in [0.1, 0.15) is 31.2 Å². The SMILES string of the molecule is C=CCNC(=O)N1CCN(C(C(=O)NCc2ccncc2)C2CCCC2)CC1. The predicted octanol–water partition coefficient (Wildman–Crippen LogP) is 1.77. The van der Waals surface area contributed by atoms with Crippen molar-refractivity contribution in [1.82, 2.24) is 25.4 Å². The van der Waals surface area contributed by atoms with E-state index in [1.165, 1.54) is 12.8 Å². The van der Waals surface area contributed by atoms with Crippen molar-refractivity contribution in [3.8, 4) is 0 Å². The van der Waals surface area contributed by atoms with Crippen LogP contribution >= 0.6 is 0 Å². The van der Waals surface area contributed by atoms with E-state index in [2.05, 4.69) is 27.1 Å². The zero-order valence-corrected chi connectivity index (χ0v) is 16.5. The molecule has 0 bridgehead atoms. The Morgan fingerprint density at radius 1 is 1.14 bits per heavy atom. The van der Waals surface area contributed by atoms with Crippen molar-refractivity contribution in [3.63, 3.8) is 0 Å². The van der Waals surface area contributed by atoms with Crippen LogP contribution in [-0.4, -0.2) is 65.5 Å². The summed E-state index contributed by atoms with van der Waals surface area (Å²) in [5.74, 6) is 0.506. The summed E-state index contributed by atoms with van der Waals surface area (Å²) in [5, 5.41) is 5.95. The van der Waals surface area contributed by atoms with E-state index in [0.29, 0.717) is 32.1 Å². The maximum absolute atomic E-state index is 13.1. The minimum Gasteiger partial charge on any atom is -0.351 e. The molecule has 1 aliphatic carbocycles. The van der Waals surface area contributed by atoms with E-state index in [1.807, 2.05) is 17.0 Å². The third-order valence-electron chi connectivity index (χ3n) is 5.72. The van der Waals surface area contributed by atoms with Gasteiger partial charge in [-0.3, -0.25) is 14.7 Å². The minimum absolute atomic E-state index is 0.0564. The minimum atomic E-state index is -0.109. The quantitative estimate of drug-likeness (QED) is 0.702. The number of amides is 3. The zero-order chi connectivity index (χ0) is 19.8. The summed E-state index contributed by atoms with van der Waals surface area (Å²) in [6.07, 6.45) is 9.77. The van der Waals surface area contributed by atoms with Crippen LogP contribution in [0.4, 0.5) is 4.79 Å². The molecule has 2 heterocycles. The fourth-order valence-electron chi connectivity index (χ4n) is 4.22.